The van der Waals surface area contributed by atoms with E-state index in [1.165, 1.54) is 4.80 Å². The molecule has 0 N–H and O–H groups in total. The molecule has 2 fully saturated rings. The average molecular weight is 376 g/mol. The highest BCUT2D eigenvalue weighted by molar-refractivity contribution is 5.98. The zero-order valence-electron chi connectivity index (χ0n) is 15.5. The number of carbonyl (C=O) groups excluding carboxylic acids is 1. The summed E-state index contributed by atoms with van der Waals surface area (Å²) in [6, 6.07) is 11.2. The van der Waals surface area contributed by atoms with Gasteiger partial charge in [-0.3, -0.25) is 4.79 Å². The number of para-hydroxylation sites is 1. The summed E-state index contributed by atoms with van der Waals surface area (Å²) in [5, 5.41) is 16.5. The van der Waals surface area contributed by atoms with Crippen LogP contribution in [0.2, 0.25) is 0 Å². The van der Waals surface area contributed by atoms with Gasteiger partial charge in [-0.25, -0.2) is 0 Å². The number of carbonyl (C=O) groups is 1. The quantitative estimate of drug-likeness (QED) is 0.693. The van der Waals surface area contributed by atoms with Crippen LogP contribution in [0.1, 0.15) is 28.9 Å². The second-order valence-corrected chi connectivity index (χ2v) is 7.37. The Bertz CT molecular complexity index is 988. The third-order valence-corrected chi connectivity index (χ3v) is 5.50. The molecule has 142 valence electrons. The molecule has 1 amide bonds. The summed E-state index contributed by atoms with van der Waals surface area (Å²) in [6.07, 6.45) is 5.04. The average Bonchev–Trinajstić information content (AvgIpc) is 3.46. The van der Waals surface area contributed by atoms with Gasteiger partial charge in [0, 0.05) is 12.6 Å². The lowest BCUT2D eigenvalue weighted by Crippen LogP contribution is -2.47. The first-order valence-corrected chi connectivity index (χ1v) is 9.43. The standard InChI is InChI=1S/C20H20N6O2/c1-13-6-7-19(24-23-13)28-18-11-14-10-17(18)25(12-14)20(27)15-4-2-3-5-16(15)26-21-8-9-22-26/h2-9,14,17-18H,10-12H2,1H3. The molecular weight excluding hydrogens is 356 g/mol. The van der Waals surface area contributed by atoms with Crippen molar-refractivity contribution in [1.82, 2.24) is 30.1 Å². The Morgan fingerprint density at radius 1 is 1.07 bits per heavy atom. The van der Waals surface area contributed by atoms with Crippen molar-refractivity contribution >= 4 is 5.91 Å². The van der Waals surface area contributed by atoms with E-state index in [2.05, 4.69) is 20.4 Å². The number of hydrogen-bond acceptors (Lipinski definition) is 6. The number of benzene rings is 1. The summed E-state index contributed by atoms with van der Waals surface area (Å²) in [4.78, 5) is 16.8. The monoisotopic (exact) mass is 376 g/mol. The fraction of sp³-hybridized carbons (Fsp3) is 0.350. The summed E-state index contributed by atoms with van der Waals surface area (Å²) in [7, 11) is 0. The van der Waals surface area contributed by atoms with E-state index < -0.39 is 0 Å². The lowest BCUT2D eigenvalue weighted by Gasteiger charge is -2.33. The maximum absolute atomic E-state index is 13.4. The molecule has 28 heavy (non-hydrogen) atoms. The Morgan fingerprint density at radius 3 is 2.64 bits per heavy atom. The number of rotatable bonds is 4. The van der Waals surface area contributed by atoms with Crippen LogP contribution in [0.25, 0.3) is 5.69 Å². The van der Waals surface area contributed by atoms with Gasteiger partial charge in [0.1, 0.15) is 6.10 Å². The largest absolute Gasteiger partial charge is 0.471 e. The van der Waals surface area contributed by atoms with E-state index in [-0.39, 0.29) is 18.1 Å². The first-order valence-electron chi connectivity index (χ1n) is 9.43. The molecule has 3 unspecified atom stereocenters. The van der Waals surface area contributed by atoms with Crippen LogP contribution in [0.5, 0.6) is 5.88 Å². The SMILES string of the molecule is Cc1ccc(OC2CC3CC2N(C(=O)c2ccccc2-n2nccn2)C3)nn1. The number of aryl methyl sites for hydroxylation is 1. The van der Waals surface area contributed by atoms with E-state index in [4.69, 9.17) is 4.74 Å². The minimum Gasteiger partial charge on any atom is -0.471 e. The predicted octanol–water partition coefficient (Wildman–Crippen LogP) is 2.05. The highest BCUT2D eigenvalue weighted by Gasteiger charge is 2.48. The molecule has 1 aliphatic carbocycles. The van der Waals surface area contributed by atoms with E-state index in [0.29, 0.717) is 23.0 Å². The van der Waals surface area contributed by atoms with Crippen LogP contribution in [0, 0.1) is 12.8 Å². The van der Waals surface area contributed by atoms with E-state index >= 15 is 0 Å². The molecule has 1 aromatic carbocycles. The molecule has 2 aliphatic rings. The predicted molar refractivity (Wildman–Crippen MR) is 100 cm³/mol. The molecule has 1 aliphatic heterocycles. The summed E-state index contributed by atoms with van der Waals surface area (Å²) in [6.45, 7) is 2.64. The normalized spacial score (nSPS) is 23.2. The van der Waals surface area contributed by atoms with E-state index in [0.717, 1.165) is 25.1 Å². The van der Waals surface area contributed by atoms with Gasteiger partial charge in [-0.2, -0.15) is 20.1 Å². The number of fused-ring (bicyclic) bond motifs is 2. The van der Waals surface area contributed by atoms with E-state index in [9.17, 15) is 4.79 Å². The van der Waals surface area contributed by atoms with Gasteiger partial charge in [0.15, 0.2) is 0 Å². The minimum atomic E-state index is -0.0605. The topological polar surface area (TPSA) is 86.0 Å². The highest BCUT2D eigenvalue weighted by Crippen LogP contribution is 2.40. The van der Waals surface area contributed by atoms with Crippen molar-refractivity contribution in [2.45, 2.75) is 31.9 Å². The van der Waals surface area contributed by atoms with Crippen molar-refractivity contribution in [2.24, 2.45) is 5.92 Å². The third-order valence-electron chi connectivity index (χ3n) is 5.50. The molecule has 8 nitrogen and oxygen atoms in total. The van der Waals surface area contributed by atoms with Crippen molar-refractivity contribution in [2.75, 3.05) is 6.54 Å². The van der Waals surface area contributed by atoms with Gasteiger partial charge in [0.25, 0.3) is 5.91 Å². The molecule has 0 spiro atoms. The van der Waals surface area contributed by atoms with Gasteiger partial charge in [-0.1, -0.05) is 12.1 Å². The maximum Gasteiger partial charge on any atom is 0.256 e. The van der Waals surface area contributed by atoms with Crippen LogP contribution in [0.15, 0.2) is 48.8 Å². The molecule has 3 heterocycles. The van der Waals surface area contributed by atoms with Gasteiger partial charge in [-0.05, 0) is 43.9 Å². The van der Waals surface area contributed by atoms with Crippen LogP contribution in [-0.2, 0) is 0 Å². The second kappa shape index (κ2) is 6.70. The Labute approximate surface area is 162 Å². The molecule has 1 saturated carbocycles. The van der Waals surface area contributed by atoms with Crippen molar-refractivity contribution in [1.29, 1.82) is 0 Å². The van der Waals surface area contributed by atoms with Gasteiger partial charge in [-0.15, -0.1) is 5.10 Å². The molecule has 1 saturated heterocycles. The van der Waals surface area contributed by atoms with Crippen molar-refractivity contribution in [3.05, 3.63) is 60.0 Å². The number of amides is 1. The molecule has 2 aromatic heterocycles. The fourth-order valence-electron chi connectivity index (χ4n) is 4.25. The Morgan fingerprint density at radius 2 is 1.89 bits per heavy atom. The van der Waals surface area contributed by atoms with Gasteiger partial charge < -0.3 is 9.64 Å². The van der Waals surface area contributed by atoms with Crippen LogP contribution in [-0.4, -0.2) is 54.7 Å². The number of ether oxygens (including phenoxy) is 1. The van der Waals surface area contributed by atoms with Crippen LogP contribution in [0.3, 0.4) is 0 Å². The molecule has 8 heteroatoms. The van der Waals surface area contributed by atoms with Crippen molar-refractivity contribution in [3.63, 3.8) is 0 Å². The molecule has 3 atom stereocenters. The lowest BCUT2D eigenvalue weighted by molar-refractivity contribution is 0.0463. The lowest BCUT2D eigenvalue weighted by atomic mass is 10.1. The molecule has 3 aromatic rings. The van der Waals surface area contributed by atoms with Gasteiger partial charge in [0.05, 0.1) is 35.4 Å². The zero-order chi connectivity index (χ0) is 19.1. The Balaban J connectivity index is 1.39. The Hall–Kier alpha value is -3.29. The summed E-state index contributed by atoms with van der Waals surface area (Å²) in [5.41, 5.74) is 2.13. The summed E-state index contributed by atoms with van der Waals surface area (Å²) < 4.78 is 6.09. The number of nitrogens with zero attached hydrogens (tertiary/aromatic N) is 6. The van der Waals surface area contributed by atoms with E-state index in [1.54, 1.807) is 12.4 Å². The minimum absolute atomic E-state index is 0.0105. The number of aromatic nitrogens is 5. The van der Waals surface area contributed by atoms with Crippen LogP contribution >= 0.6 is 0 Å². The highest BCUT2D eigenvalue weighted by atomic mass is 16.5. The van der Waals surface area contributed by atoms with E-state index in [1.807, 2.05) is 48.2 Å². The van der Waals surface area contributed by atoms with Crippen molar-refractivity contribution < 1.29 is 9.53 Å². The molecule has 5 rings (SSSR count). The molecule has 2 bridgehead atoms. The zero-order valence-corrected chi connectivity index (χ0v) is 15.5. The summed E-state index contributed by atoms with van der Waals surface area (Å²) in [5.74, 6) is 0.952. The van der Waals surface area contributed by atoms with Gasteiger partial charge in [0.2, 0.25) is 5.88 Å². The fourth-order valence-corrected chi connectivity index (χ4v) is 4.25. The maximum atomic E-state index is 13.4. The smallest absolute Gasteiger partial charge is 0.256 e. The first-order chi connectivity index (χ1) is 13.7. The second-order valence-electron chi connectivity index (χ2n) is 7.37. The van der Waals surface area contributed by atoms with Crippen LogP contribution in [0.4, 0.5) is 0 Å². The molecule has 0 radical (unpaired) electrons. The number of hydrogen-bond donors (Lipinski definition) is 0. The Kier molecular flexibility index (Phi) is 4.03. The first kappa shape index (κ1) is 16.9. The van der Waals surface area contributed by atoms with Crippen molar-refractivity contribution in [3.8, 4) is 11.6 Å². The molecular formula is C20H20N6O2. The summed E-state index contributed by atoms with van der Waals surface area (Å²) >= 11 is 0. The third kappa shape index (κ3) is 2.90. The number of piperidine rings is 1. The van der Waals surface area contributed by atoms with Gasteiger partial charge >= 0.3 is 0 Å². The van der Waals surface area contributed by atoms with Crippen LogP contribution < -0.4 is 4.74 Å². The number of likely N-dealkylation sites (tertiary alicyclic amines) is 1.